The van der Waals surface area contributed by atoms with Gasteiger partial charge in [-0.15, -0.1) is 0 Å². The number of aryl methyl sites for hydroxylation is 1. The first-order chi connectivity index (χ1) is 10.6. The van der Waals surface area contributed by atoms with Crippen LogP contribution in [-0.4, -0.2) is 22.4 Å². The Hall–Kier alpha value is -1.98. The summed E-state index contributed by atoms with van der Waals surface area (Å²) in [5, 5.41) is 6.61. The van der Waals surface area contributed by atoms with Crippen LogP contribution in [0.5, 0.6) is 0 Å². The van der Waals surface area contributed by atoms with Gasteiger partial charge in [-0.25, -0.2) is 0 Å². The molecule has 2 N–H and O–H groups in total. The third-order valence-electron chi connectivity index (χ3n) is 3.23. The summed E-state index contributed by atoms with van der Waals surface area (Å²) in [5.74, 6) is -0.0791. The third-order valence-corrected chi connectivity index (χ3v) is 3.54. The Labute approximate surface area is 135 Å². The summed E-state index contributed by atoms with van der Waals surface area (Å²) in [5.41, 5.74) is 2.55. The molecule has 0 saturated carbocycles. The SMILES string of the molecule is Cc1ccc(NC(=O)CCNC(C)c2cnccn2)c(Cl)c1. The van der Waals surface area contributed by atoms with Gasteiger partial charge in [-0.2, -0.15) is 0 Å². The summed E-state index contributed by atoms with van der Waals surface area (Å²) in [6, 6.07) is 5.59. The van der Waals surface area contributed by atoms with E-state index in [9.17, 15) is 4.79 Å². The van der Waals surface area contributed by atoms with E-state index in [2.05, 4.69) is 20.6 Å². The molecule has 1 atom stereocenters. The monoisotopic (exact) mass is 318 g/mol. The van der Waals surface area contributed by atoms with Crippen LogP contribution in [0.2, 0.25) is 5.02 Å². The number of aromatic nitrogens is 2. The largest absolute Gasteiger partial charge is 0.325 e. The molecule has 1 aromatic carbocycles. The van der Waals surface area contributed by atoms with E-state index in [-0.39, 0.29) is 11.9 Å². The molecule has 116 valence electrons. The van der Waals surface area contributed by atoms with Gasteiger partial charge in [-0.3, -0.25) is 14.8 Å². The average molecular weight is 319 g/mol. The second kappa shape index (κ2) is 7.87. The molecule has 1 heterocycles. The van der Waals surface area contributed by atoms with E-state index in [1.54, 1.807) is 18.6 Å². The van der Waals surface area contributed by atoms with Crippen LogP contribution in [0.1, 0.15) is 30.6 Å². The zero-order valence-electron chi connectivity index (χ0n) is 12.6. The van der Waals surface area contributed by atoms with Crippen molar-refractivity contribution in [3.05, 3.63) is 53.1 Å². The van der Waals surface area contributed by atoms with Gasteiger partial charge in [-0.1, -0.05) is 17.7 Å². The first-order valence-electron chi connectivity index (χ1n) is 7.11. The molecule has 1 aromatic heterocycles. The molecule has 0 aliphatic heterocycles. The molecule has 2 rings (SSSR count). The molecule has 0 fully saturated rings. The van der Waals surface area contributed by atoms with Gasteiger partial charge in [0.05, 0.1) is 16.4 Å². The minimum absolute atomic E-state index is 0.0458. The fourth-order valence-corrected chi connectivity index (χ4v) is 2.26. The maximum atomic E-state index is 11.9. The van der Waals surface area contributed by atoms with Gasteiger partial charge in [0.25, 0.3) is 0 Å². The molecular weight excluding hydrogens is 300 g/mol. The number of anilines is 1. The lowest BCUT2D eigenvalue weighted by Gasteiger charge is -2.13. The van der Waals surface area contributed by atoms with Crippen LogP contribution in [-0.2, 0) is 4.79 Å². The van der Waals surface area contributed by atoms with Crippen molar-refractivity contribution in [3.63, 3.8) is 0 Å². The number of nitrogens with one attached hydrogen (secondary N) is 2. The molecule has 2 aromatic rings. The number of amides is 1. The fourth-order valence-electron chi connectivity index (χ4n) is 1.98. The molecule has 1 unspecified atom stereocenters. The Morgan fingerprint density at radius 3 is 2.86 bits per heavy atom. The molecule has 0 radical (unpaired) electrons. The molecule has 0 aliphatic rings. The van der Waals surface area contributed by atoms with Crippen molar-refractivity contribution in [1.82, 2.24) is 15.3 Å². The van der Waals surface area contributed by atoms with Crippen molar-refractivity contribution in [1.29, 1.82) is 0 Å². The van der Waals surface area contributed by atoms with E-state index in [1.807, 2.05) is 32.0 Å². The fraction of sp³-hybridized carbons (Fsp3) is 0.312. The molecule has 0 saturated heterocycles. The van der Waals surface area contributed by atoms with Crippen molar-refractivity contribution in [2.75, 3.05) is 11.9 Å². The van der Waals surface area contributed by atoms with Crippen molar-refractivity contribution in [2.24, 2.45) is 0 Å². The van der Waals surface area contributed by atoms with E-state index in [0.717, 1.165) is 11.3 Å². The van der Waals surface area contributed by atoms with Crippen molar-refractivity contribution in [3.8, 4) is 0 Å². The standard InChI is InChI=1S/C16H19ClN4O/c1-11-3-4-14(13(17)9-11)21-16(22)5-6-19-12(2)15-10-18-7-8-20-15/h3-4,7-10,12,19H,5-6H2,1-2H3,(H,21,22). The predicted molar refractivity (Wildman–Crippen MR) is 87.9 cm³/mol. The van der Waals surface area contributed by atoms with Crippen LogP contribution < -0.4 is 10.6 Å². The number of nitrogens with zero attached hydrogens (tertiary/aromatic N) is 2. The van der Waals surface area contributed by atoms with Crippen molar-refractivity contribution >= 4 is 23.2 Å². The molecule has 5 nitrogen and oxygen atoms in total. The highest BCUT2D eigenvalue weighted by atomic mass is 35.5. The van der Waals surface area contributed by atoms with Crippen LogP contribution in [0.4, 0.5) is 5.69 Å². The number of carbonyl (C=O) groups excluding carboxylic acids is 1. The summed E-state index contributed by atoms with van der Waals surface area (Å²) in [7, 11) is 0. The van der Waals surface area contributed by atoms with Gasteiger partial charge in [0.15, 0.2) is 0 Å². The first-order valence-corrected chi connectivity index (χ1v) is 7.49. The summed E-state index contributed by atoms with van der Waals surface area (Å²) < 4.78 is 0. The Morgan fingerprint density at radius 2 is 2.18 bits per heavy atom. The number of benzene rings is 1. The minimum Gasteiger partial charge on any atom is -0.325 e. The quantitative estimate of drug-likeness (QED) is 0.858. The average Bonchev–Trinajstić information content (AvgIpc) is 2.51. The van der Waals surface area contributed by atoms with Crippen LogP contribution in [0.25, 0.3) is 0 Å². The Bertz CT molecular complexity index is 633. The number of halogens is 1. The van der Waals surface area contributed by atoms with Gasteiger partial charge < -0.3 is 10.6 Å². The summed E-state index contributed by atoms with van der Waals surface area (Å²) in [6.45, 7) is 4.49. The van der Waals surface area contributed by atoms with Crippen LogP contribution in [0.15, 0.2) is 36.8 Å². The minimum atomic E-state index is -0.0791. The maximum absolute atomic E-state index is 11.9. The maximum Gasteiger partial charge on any atom is 0.225 e. The number of carbonyl (C=O) groups is 1. The van der Waals surface area contributed by atoms with Gasteiger partial charge >= 0.3 is 0 Å². The summed E-state index contributed by atoms with van der Waals surface area (Å²) >= 11 is 6.09. The Kier molecular flexibility index (Phi) is 5.86. The highest BCUT2D eigenvalue weighted by Crippen LogP contribution is 2.22. The normalized spacial score (nSPS) is 12.0. The van der Waals surface area contributed by atoms with Gasteiger partial charge in [0.2, 0.25) is 5.91 Å². The van der Waals surface area contributed by atoms with Gasteiger partial charge in [-0.05, 0) is 31.5 Å². The molecule has 0 spiro atoms. The smallest absolute Gasteiger partial charge is 0.225 e. The lowest BCUT2D eigenvalue weighted by molar-refractivity contribution is -0.116. The zero-order chi connectivity index (χ0) is 15.9. The topological polar surface area (TPSA) is 66.9 Å². The third kappa shape index (κ3) is 4.79. The molecular formula is C16H19ClN4O. The van der Waals surface area contributed by atoms with Crippen molar-refractivity contribution < 1.29 is 4.79 Å². The van der Waals surface area contributed by atoms with E-state index in [1.165, 1.54) is 0 Å². The van der Waals surface area contributed by atoms with Crippen LogP contribution in [0.3, 0.4) is 0 Å². The van der Waals surface area contributed by atoms with E-state index in [4.69, 9.17) is 11.6 Å². The number of rotatable bonds is 6. The van der Waals surface area contributed by atoms with Crippen LogP contribution >= 0.6 is 11.6 Å². The number of hydrogen-bond acceptors (Lipinski definition) is 4. The molecule has 6 heteroatoms. The highest BCUT2D eigenvalue weighted by molar-refractivity contribution is 6.33. The lowest BCUT2D eigenvalue weighted by Crippen LogP contribution is -2.25. The first kappa shape index (κ1) is 16.4. The van der Waals surface area contributed by atoms with Crippen LogP contribution in [0, 0.1) is 6.92 Å². The van der Waals surface area contributed by atoms with E-state index >= 15 is 0 Å². The molecule has 22 heavy (non-hydrogen) atoms. The Morgan fingerprint density at radius 1 is 1.36 bits per heavy atom. The summed E-state index contributed by atoms with van der Waals surface area (Å²) in [6.07, 6.45) is 5.35. The molecule has 0 aliphatic carbocycles. The number of hydrogen-bond donors (Lipinski definition) is 2. The molecule has 0 bridgehead atoms. The zero-order valence-corrected chi connectivity index (χ0v) is 13.4. The van der Waals surface area contributed by atoms with Gasteiger partial charge in [0, 0.05) is 37.6 Å². The summed E-state index contributed by atoms with van der Waals surface area (Å²) in [4.78, 5) is 20.2. The van der Waals surface area contributed by atoms with E-state index < -0.39 is 0 Å². The predicted octanol–water partition coefficient (Wildman–Crippen LogP) is 3.12. The van der Waals surface area contributed by atoms with Gasteiger partial charge in [0.1, 0.15) is 0 Å². The molecule has 1 amide bonds. The second-order valence-corrected chi connectivity index (χ2v) is 5.49. The highest BCUT2D eigenvalue weighted by Gasteiger charge is 2.09. The van der Waals surface area contributed by atoms with Crippen molar-refractivity contribution in [2.45, 2.75) is 26.3 Å². The second-order valence-electron chi connectivity index (χ2n) is 5.09. The van der Waals surface area contributed by atoms with E-state index in [0.29, 0.717) is 23.7 Å². The Balaban J connectivity index is 1.78. The lowest BCUT2D eigenvalue weighted by atomic mass is 10.2.